The van der Waals surface area contributed by atoms with Crippen LogP contribution in [0.15, 0.2) is 48.8 Å². The molecule has 0 saturated carbocycles. The molecule has 1 N–H and O–H groups in total. The quantitative estimate of drug-likeness (QED) is 0.875. The Morgan fingerprint density at radius 3 is 2.61 bits per heavy atom. The topological polar surface area (TPSA) is 36.4 Å². The van der Waals surface area contributed by atoms with Crippen LogP contribution in [0.3, 0.4) is 0 Å². The summed E-state index contributed by atoms with van der Waals surface area (Å²) in [5.74, 6) is 0.329. The average Bonchev–Trinajstić information content (AvgIpc) is 2.38. The van der Waals surface area contributed by atoms with E-state index in [0.29, 0.717) is 5.75 Å². The minimum Gasteiger partial charge on any atom is -0.508 e. The molecule has 3 heteroatoms. The van der Waals surface area contributed by atoms with Gasteiger partial charge in [-0.1, -0.05) is 12.1 Å². The SMILES string of the molecule is CN(CCc1ccncc1)Cc1cccc(O)c1. The number of likely N-dealkylation sites (N-methyl/N-ethyl adjacent to an activating group) is 1. The van der Waals surface area contributed by atoms with Crippen molar-refractivity contribution in [3.05, 3.63) is 59.9 Å². The van der Waals surface area contributed by atoms with E-state index in [4.69, 9.17) is 0 Å². The maximum atomic E-state index is 9.41. The van der Waals surface area contributed by atoms with Crippen LogP contribution < -0.4 is 0 Å². The van der Waals surface area contributed by atoms with Crippen molar-refractivity contribution in [2.45, 2.75) is 13.0 Å². The highest BCUT2D eigenvalue weighted by molar-refractivity contribution is 5.26. The first kappa shape index (κ1) is 12.6. The van der Waals surface area contributed by atoms with Crippen molar-refractivity contribution in [3.8, 4) is 5.75 Å². The van der Waals surface area contributed by atoms with Crippen molar-refractivity contribution in [1.29, 1.82) is 0 Å². The van der Waals surface area contributed by atoms with Gasteiger partial charge in [-0.2, -0.15) is 0 Å². The monoisotopic (exact) mass is 242 g/mol. The van der Waals surface area contributed by atoms with Crippen LogP contribution >= 0.6 is 0 Å². The largest absolute Gasteiger partial charge is 0.508 e. The van der Waals surface area contributed by atoms with Gasteiger partial charge < -0.3 is 10.0 Å². The summed E-state index contributed by atoms with van der Waals surface area (Å²) < 4.78 is 0. The summed E-state index contributed by atoms with van der Waals surface area (Å²) in [6.07, 6.45) is 4.66. The highest BCUT2D eigenvalue weighted by Crippen LogP contribution is 2.12. The Labute approximate surface area is 108 Å². The van der Waals surface area contributed by atoms with Crippen molar-refractivity contribution in [1.82, 2.24) is 9.88 Å². The smallest absolute Gasteiger partial charge is 0.115 e. The van der Waals surface area contributed by atoms with Crippen molar-refractivity contribution >= 4 is 0 Å². The minimum atomic E-state index is 0.329. The molecule has 94 valence electrons. The fourth-order valence-electron chi connectivity index (χ4n) is 1.91. The van der Waals surface area contributed by atoms with Crippen LogP contribution in [-0.4, -0.2) is 28.6 Å². The van der Waals surface area contributed by atoms with E-state index in [0.717, 1.165) is 25.1 Å². The van der Waals surface area contributed by atoms with Crippen LogP contribution in [-0.2, 0) is 13.0 Å². The third-order valence-corrected chi connectivity index (χ3v) is 2.89. The Kier molecular flexibility index (Phi) is 4.31. The molecule has 0 aliphatic rings. The van der Waals surface area contributed by atoms with Gasteiger partial charge in [-0.15, -0.1) is 0 Å². The second-order valence-electron chi connectivity index (χ2n) is 4.51. The van der Waals surface area contributed by atoms with E-state index in [1.165, 1.54) is 5.56 Å². The van der Waals surface area contributed by atoms with Gasteiger partial charge in [0, 0.05) is 25.5 Å². The Morgan fingerprint density at radius 1 is 1.11 bits per heavy atom. The van der Waals surface area contributed by atoms with Crippen molar-refractivity contribution < 1.29 is 5.11 Å². The van der Waals surface area contributed by atoms with Crippen LogP contribution in [0.2, 0.25) is 0 Å². The summed E-state index contributed by atoms with van der Waals surface area (Å²) in [7, 11) is 2.09. The van der Waals surface area contributed by atoms with Crippen LogP contribution in [0, 0.1) is 0 Å². The lowest BCUT2D eigenvalue weighted by molar-refractivity contribution is 0.330. The summed E-state index contributed by atoms with van der Waals surface area (Å²) in [6.45, 7) is 1.83. The highest BCUT2D eigenvalue weighted by atomic mass is 16.3. The lowest BCUT2D eigenvalue weighted by Gasteiger charge is -2.16. The number of aromatic nitrogens is 1. The molecule has 0 bridgehead atoms. The zero-order chi connectivity index (χ0) is 12.8. The third-order valence-electron chi connectivity index (χ3n) is 2.89. The Hall–Kier alpha value is -1.87. The number of nitrogens with zero attached hydrogens (tertiary/aromatic N) is 2. The molecule has 1 aromatic carbocycles. The van der Waals surface area contributed by atoms with E-state index in [-0.39, 0.29) is 0 Å². The zero-order valence-corrected chi connectivity index (χ0v) is 10.6. The summed E-state index contributed by atoms with van der Waals surface area (Å²) in [5, 5.41) is 9.41. The number of benzene rings is 1. The first-order valence-electron chi connectivity index (χ1n) is 6.09. The van der Waals surface area contributed by atoms with Gasteiger partial charge in [0.25, 0.3) is 0 Å². The zero-order valence-electron chi connectivity index (χ0n) is 10.6. The normalized spacial score (nSPS) is 10.8. The molecule has 18 heavy (non-hydrogen) atoms. The lowest BCUT2D eigenvalue weighted by atomic mass is 10.1. The van der Waals surface area contributed by atoms with Crippen LogP contribution in [0.5, 0.6) is 5.75 Å². The fourth-order valence-corrected chi connectivity index (χ4v) is 1.91. The summed E-state index contributed by atoms with van der Waals surface area (Å²) >= 11 is 0. The minimum absolute atomic E-state index is 0.329. The van der Waals surface area contributed by atoms with E-state index >= 15 is 0 Å². The number of hydrogen-bond donors (Lipinski definition) is 1. The standard InChI is InChI=1S/C15H18N2O/c1-17(10-7-13-5-8-16-9-6-13)12-14-3-2-4-15(18)11-14/h2-6,8-9,11,18H,7,10,12H2,1H3. The first-order chi connectivity index (χ1) is 8.74. The maximum absolute atomic E-state index is 9.41. The molecule has 0 unspecified atom stereocenters. The molecule has 0 amide bonds. The molecule has 0 radical (unpaired) electrons. The number of phenolic OH excluding ortho intramolecular Hbond substituents is 1. The molecule has 0 saturated heterocycles. The van der Waals surface area contributed by atoms with Gasteiger partial charge in [0.15, 0.2) is 0 Å². The molecule has 0 fully saturated rings. The van der Waals surface area contributed by atoms with Crippen molar-refractivity contribution in [2.24, 2.45) is 0 Å². The molecule has 0 aliphatic heterocycles. The fraction of sp³-hybridized carbons (Fsp3) is 0.267. The molecule has 2 rings (SSSR count). The third kappa shape index (κ3) is 3.86. The molecule has 1 heterocycles. The summed E-state index contributed by atoms with van der Waals surface area (Å²) in [5.41, 5.74) is 2.43. The van der Waals surface area contributed by atoms with Gasteiger partial charge in [0.05, 0.1) is 0 Å². The molecule has 0 atom stereocenters. The van der Waals surface area contributed by atoms with E-state index < -0.39 is 0 Å². The molecule has 0 aliphatic carbocycles. The van der Waals surface area contributed by atoms with Gasteiger partial charge in [-0.25, -0.2) is 0 Å². The second-order valence-corrected chi connectivity index (χ2v) is 4.51. The van der Waals surface area contributed by atoms with Gasteiger partial charge >= 0.3 is 0 Å². The van der Waals surface area contributed by atoms with E-state index in [9.17, 15) is 5.11 Å². The molecular formula is C15H18N2O. The second kappa shape index (κ2) is 6.17. The molecule has 1 aromatic heterocycles. The van der Waals surface area contributed by atoms with Gasteiger partial charge in [-0.3, -0.25) is 4.98 Å². The van der Waals surface area contributed by atoms with Crippen LogP contribution in [0.1, 0.15) is 11.1 Å². The number of rotatable bonds is 5. The van der Waals surface area contributed by atoms with Crippen LogP contribution in [0.25, 0.3) is 0 Å². The maximum Gasteiger partial charge on any atom is 0.115 e. The Balaban J connectivity index is 1.84. The summed E-state index contributed by atoms with van der Waals surface area (Å²) in [6, 6.07) is 11.5. The number of hydrogen-bond acceptors (Lipinski definition) is 3. The van der Waals surface area contributed by atoms with Gasteiger partial charge in [0.2, 0.25) is 0 Å². The molecule has 2 aromatic rings. The number of aromatic hydroxyl groups is 1. The van der Waals surface area contributed by atoms with Crippen molar-refractivity contribution in [2.75, 3.05) is 13.6 Å². The first-order valence-corrected chi connectivity index (χ1v) is 6.09. The van der Waals surface area contributed by atoms with Gasteiger partial charge in [0.1, 0.15) is 5.75 Å². The van der Waals surface area contributed by atoms with Crippen LogP contribution in [0.4, 0.5) is 0 Å². The summed E-state index contributed by atoms with van der Waals surface area (Å²) in [4.78, 5) is 6.25. The predicted molar refractivity (Wildman–Crippen MR) is 72.4 cm³/mol. The highest BCUT2D eigenvalue weighted by Gasteiger charge is 2.01. The Morgan fingerprint density at radius 2 is 1.89 bits per heavy atom. The van der Waals surface area contributed by atoms with E-state index in [1.807, 2.05) is 42.7 Å². The Bertz CT molecular complexity index is 485. The van der Waals surface area contributed by atoms with Gasteiger partial charge in [-0.05, 0) is 48.9 Å². The molecule has 0 spiro atoms. The molecule has 3 nitrogen and oxygen atoms in total. The van der Waals surface area contributed by atoms with Crippen molar-refractivity contribution in [3.63, 3.8) is 0 Å². The average molecular weight is 242 g/mol. The van der Waals surface area contributed by atoms with E-state index in [2.05, 4.69) is 16.9 Å². The molecular weight excluding hydrogens is 224 g/mol. The van der Waals surface area contributed by atoms with E-state index in [1.54, 1.807) is 6.07 Å². The number of phenols is 1. The lowest BCUT2D eigenvalue weighted by Crippen LogP contribution is -2.20. The number of pyridine rings is 1. The predicted octanol–water partition coefficient (Wildman–Crippen LogP) is 2.46.